The number of carbonyl (C=O) groups is 2. The van der Waals surface area contributed by atoms with Gasteiger partial charge < -0.3 is 10.1 Å². The summed E-state index contributed by atoms with van der Waals surface area (Å²) in [5, 5.41) is 12.3. The molecule has 2 aromatic carbocycles. The second-order valence-corrected chi connectivity index (χ2v) is 6.57. The van der Waals surface area contributed by atoms with E-state index >= 15 is 0 Å². The first-order valence-corrected chi connectivity index (χ1v) is 8.83. The van der Waals surface area contributed by atoms with Gasteiger partial charge in [-0.2, -0.15) is 5.26 Å². The van der Waals surface area contributed by atoms with Crippen LogP contribution >= 0.6 is 11.6 Å². The van der Waals surface area contributed by atoms with E-state index in [2.05, 4.69) is 16.1 Å². The Hall–Kier alpha value is -3.04. The molecule has 1 unspecified atom stereocenters. The molecule has 1 fully saturated rings. The Morgan fingerprint density at radius 1 is 1.33 bits per heavy atom. The van der Waals surface area contributed by atoms with Crippen LogP contribution in [0.4, 0.5) is 10.5 Å². The third-order valence-electron chi connectivity index (χ3n) is 4.52. The number of hydrogen-bond donors (Lipinski definition) is 1. The second kappa shape index (κ2) is 8.11. The zero-order chi connectivity index (χ0) is 19.4. The van der Waals surface area contributed by atoms with E-state index in [0.29, 0.717) is 29.2 Å². The van der Waals surface area contributed by atoms with E-state index in [1.54, 1.807) is 29.2 Å². The van der Waals surface area contributed by atoms with Gasteiger partial charge in [-0.05, 0) is 47.9 Å². The molecule has 1 N–H and O–H groups in total. The van der Waals surface area contributed by atoms with E-state index < -0.39 is 0 Å². The highest BCUT2D eigenvalue weighted by Crippen LogP contribution is 2.34. The first-order valence-electron chi connectivity index (χ1n) is 8.46. The summed E-state index contributed by atoms with van der Waals surface area (Å²) in [7, 11) is 1.36. The van der Waals surface area contributed by atoms with Crippen LogP contribution in [0.15, 0.2) is 42.5 Å². The molecular weight excluding hydrogens is 366 g/mol. The first kappa shape index (κ1) is 18.7. The van der Waals surface area contributed by atoms with E-state index in [4.69, 9.17) is 16.9 Å². The lowest BCUT2D eigenvalue weighted by Crippen LogP contribution is -2.29. The average Bonchev–Trinajstić information content (AvgIpc) is 3.07. The third kappa shape index (κ3) is 4.04. The summed E-state index contributed by atoms with van der Waals surface area (Å²) in [5.74, 6) is -0.271. The van der Waals surface area contributed by atoms with Gasteiger partial charge in [0.05, 0.1) is 24.8 Å². The van der Waals surface area contributed by atoms with Crippen molar-refractivity contribution in [2.75, 3.05) is 18.6 Å². The molecule has 0 radical (unpaired) electrons. The molecule has 3 rings (SSSR count). The number of halogens is 1. The van der Waals surface area contributed by atoms with Crippen molar-refractivity contribution in [3.05, 3.63) is 64.2 Å². The molecule has 138 valence electrons. The number of nitriles is 1. The molecule has 0 aliphatic carbocycles. The highest BCUT2D eigenvalue weighted by molar-refractivity contribution is 6.31. The summed E-state index contributed by atoms with van der Waals surface area (Å²) in [4.78, 5) is 25.3. The number of esters is 1. The van der Waals surface area contributed by atoms with Crippen LogP contribution in [-0.2, 0) is 16.0 Å². The van der Waals surface area contributed by atoms with Crippen LogP contribution in [0.3, 0.4) is 0 Å². The van der Waals surface area contributed by atoms with E-state index in [-0.39, 0.29) is 24.5 Å². The average molecular weight is 384 g/mol. The molecule has 7 heteroatoms. The Morgan fingerprint density at radius 2 is 2.07 bits per heavy atom. The Balaban J connectivity index is 1.84. The molecule has 27 heavy (non-hydrogen) atoms. The number of nitrogens with zero attached hydrogens (tertiary/aromatic N) is 2. The number of rotatable bonds is 5. The Morgan fingerprint density at radius 3 is 2.70 bits per heavy atom. The fraction of sp³-hybridized carbons (Fsp3) is 0.250. The van der Waals surface area contributed by atoms with Crippen molar-refractivity contribution in [2.45, 2.75) is 18.9 Å². The van der Waals surface area contributed by atoms with Crippen molar-refractivity contribution in [2.24, 2.45) is 0 Å². The predicted molar refractivity (Wildman–Crippen MR) is 102 cm³/mol. The Kier molecular flexibility index (Phi) is 5.63. The zero-order valence-corrected chi connectivity index (χ0v) is 15.5. The number of urea groups is 1. The minimum Gasteiger partial charge on any atom is -0.469 e. The van der Waals surface area contributed by atoms with E-state index in [9.17, 15) is 9.59 Å². The fourth-order valence-electron chi connectivity index (χ4n) is 3.09. The molecule has 2 aromatic rings. The number of methoxy groups -OCH3 is 1. The van der Waals surface area contributed by atoms with Gasteiger partial charge in [0.2, 0.25) is 0 Å². The molecular formula is C20H18ClN3O3. The molecule has 1 saturated heterocycles. The van der Waals surface area contributed by atoms with Gasteiger partial charge in [-0.25, -0.2) is 4.79 Å². The summed E-state index contributed by atoms with van der Waals surface area (Å²) in [5.41, 5.74) is 2.97. The second-order valence-electron chi connectivity index (χ2n) is 6.16. The van der Waals surface area contributed by atoms with Crippen molar-refractivity contribution in [3.63, 3.8) is 0 Å². The lowest BCUT2D eigenvalue weighted by Gasteiger charge is -2.24. The Labute approximate surface area is 162 Å². The van der Waals surface area contributed by atoms with Crippen molar-refractivity contribution < 1.29 is 14.3 Å². The smallest absolute Gasteiger partial charge is 0.322 e. The van der Waals surface area contributed by atoms with Gasteiger partial charge in [-0.3, -0.25) is 9.69 Å². The van der Waals surface area contributed by atoms with Gasteiger partial charge in [-0.15, -0.1) is 0 Å². The van der Waals surface area contributed by atoms with Gasteiger partial charge >= 0.3 is 12.0 Å². The molecule has 0 aromatic heterocycles. The van der Waals surface area contributed by atoms with Crippen molar-refractivity contribution in [1.29, 1.82) is 5.26 Å². The highest BCUT2D eigenvalue weighted by Gasteiger charge is 2.34. The number of anilines is 1. The topological polar surface area (TPSA) is 82.4 Å². The maximum absolute atomic E-state index is 12.4. The summed E-state index contributed by atoms with van der Waals surface area (Å²) < 4.78 is 4.65. The van der Waals surface area contributed by atoms with E-state index in [1.165, 1.54) is 7.11 Å². The molecule has 2 amide bonds. The molecule has 1 aliphatic heterocycles. The monoisotopic (exact) mass is 383 g/mol. The van der Waals surface area contributed by atoms with Gasteiger partial charge in [0.1, 0.15) is 0 Å². The molecule has 1 heterocycles. The number of amides is 2. The lowest BCUT2D eigenvalue weighted by atomic mass is 10.0. The van der Waals surface area contributed by atoms with Crippen LogP contribution in [0.1, 0.15) is 29.2 Å². The lowest BCUT2D eigenvalue weighted by molar-refractivity contribution is -0.140. The minimum absolute atomic E-state index is 0.212. The maximum Gasteiger partial charge on any atom is 0.322 e. The van der Waals surface area contributed by atoms with Gasteiger partial charge in [0, 0.05) is 23.7 Å². The summed E-state index contributed by atoms with van der Waals surface area (Å²) in [6.07, 6.45) is 0.820. The summed E-state index contributed by atoms with van der Waals surface area (Å²) in [6.45, 7) is 0.431. The number of carbonyl (C=O) groups excluding carboxylic acids is 2. The van der Waals surface area contributed by atoms with Crippen LogP contribution in [0, 0.1) is 11.3 Å². The van der Waals surface area contributed by atoms with E-state index in [0.717, 1.165) is 11.1 Å². The molecule has 1 aliphatic rings. The molecule has 1 atom stereocenters. The number of nitrogens with one attached hydrogen (secondary N) is 1. The largest absolute Gasteiger partial charge is 0.469 e. The van der Waals surface area contributed by atoms with Crippen molar-refractivity contribution in [1.82, 2.24) is 5.32 Å². The molecule has 6 nitrogen and oxygen atoms in total. The van der Waals surface area contributed by atoms with Gasteiger partial charge in [0.25, 0.3) is 0 Å². The van der Waals surface area contributed by atoms with Crippen LogP contribution < -0.4 is 10.2 Å². The number of ether oxygens (including phenoxy) is 1. The SMILES string of the molecule is COC(=O)CCc1ccc(C2CNC(=O)N2c2ccc(C#N)cc2)c(Cl)c1. The number of benzene rings is 2. The van der Waals surface area contributed by atoms with Crippen molar-refractivity contribution >= 4 is 29.3 Å². The van der Waals surface area contributed by atoms with Gasteiger partial charge in [-0.1, -0.05) is 23.7 Å². The number of aryl methyl sites for hydroxylation is 1. The predicted octanol–water partition coefficient (Wildman–Crippen LogP) is 3.59. The van der Waals surface area contributed by atoms with Crippen LogP contribution in [0.5, 0.6) is 0 Å². The van der Waals surface area contributed by atoms with Crippen LogP contribution in [0.25, 0.3) is 0 Å². The van der Waals surface area contributed by atoms with Crippen molar-refractivity contribution in [3.8, 4) is 6.07 Å². The van der Waals surface area contributed by atoms with Gasteiger partial charge in [0.15, 0.2) is 0 Å². The first-order chi connectivity index (χ1) is 13.0. The van der Waals surface area contributed by atoms with Crippen LogP contribution in [-0.4, -0.2) is 25.7 Å². The third-order valence-corrected chi connectivity index (χ3v) is 4.85. The standard InChI is InChI=1S/C20H18ClN3O3/c1-27-19(25)9-5-13-4-8-16(17(21)10-13)18-12-23-20(26)24(18)15-6-2-14(11-22)3-7-15/h2-4,6-8,10,18H,5,9,12H2,1H3,(H,23,26). The highest BCUT2D eigenvalue weighted by atomic mass is 35.5. The molecule has 0 spiro atoms. The van der Waals surface area contributed by atoms with Crippen LogP contribution in [0.2, 0.25) is 5.02 Å². The Bertz CT molecular complexity index is 906. The van der Waals surface area contributed by atoms with E-state index in [1.807, 2.05) is 18.2 Å². The molecule has 0 saturated carbocycles. The summed E-state index contributed by atoms with van der Waals surface area (Å²) in [6, 6.07) is 14.0. The zero-order valence-electron chi connectivity index (χ0n) is 14.7. The minimum atomic E-state index is -0.271. The maximum atomic E-state index is 12.4. The quantitative estimate of drug-likeness (QED) is 0.800. The number of hydrogen-bond acceptors (Lipinski definition) is 4. The normalized spacial score (nSPS) is 16.0. The summed E-state index contributed by atoms with van der Waals surface area (Å²) >= 11 is 6.48. The fourth-order valence-corrected chi connectivity index (χ4v) is 3.42. The molecule has 0 bridgehead atoms.